The molecule has 0 bridgehead atoms. The molecule has 1 aliphatic heterocycles. The molecular weight excluding hydrogens is 399 g/mol. The first kappa shape index (κ1) is 19.1. The van der Waals surface area contributed by atoms with Crippen molar-refractivity contribution in [3.63, 3.8) is 0 Å². The third kappa shape index (κ3) is 3.94. The van der Waals surface area contributed by atoms with Gasteiger partial charge >= 0.3 is 6.18 Å². The van der Waals surface area contributed by atoms with Crippen LogP contribution in [-0.4, -0.2) is 45.4 Å². The smallest absolute Gasteiger partial charge is 0.369 e. The van der Waals surface area contributed by atoms with Crippen LogP contribution in [0.25, 0.3) is 0 Å². The Kier molecular flexibility index (Phi) is 4.70. The van der Waals surface area contributed by atoms with E-state index in [0.717, 1.165) is 29.8 Å². The molecule has 2 saturated carbocycles. The van der Waals surface area contributed by atoms with Crippen molar-refractivity contribution in [2.75, 3.05) is 31.1 Å². The number of rotatable bonds is 5. The predicted molar refractivity (Wildman–Crippen MR) is 107 cm³/mol. The predicted octanol–water partition coefficient (Wildman–Crippen LogP) is 4.42. The van der Waals surface area contributed by atoms with Crippen LogP contribution < -0.4 is 4.90 Å². The molecule has 1 aromatic carbocycles. The Morgan fingerprint density at radius 2 is 1.76 bits per heavy atom. The van der Waals surface area contributed by atoms with Gasteiger partial charge in [-0.1, -0.05) is 6.07 Å². The van der Waals surface area contributed by atoms with E-state index in [4.69, 9.17) is 17.3 Å². The lowest BCUT2D eigenvalue weighted by Crippen LogP contribution is -2.47. The highest BCUT2D eigenvalue weighted by Crippen LogP contribution is 2.44. The van der Waals surface area contributed by atoms with E-state index in [9.17, 15) is 13.2 Å². The Morgan fingerprint density at radius 1 is 1.03 bits per heavy atom. The fourth-order valence-electron chi connectivity index (χ4n) is 4.04. The van der Waals surface area contributed by atoms with Crippen LogP contribution in [0.4, 0.5) is 18.9 Å². The van der Waals surface area contributed by atoms with Gasteiger partial charge in [-0.25, -0.2) is 4.68 Å². The maximum absolute atomic E-state index is 13.0. The van der Waals surface area contributed by atoms with Crippen LogP contribution in [0.2, 0.25) is 0 Å². The number of halogens is 3. The van der Waals surface area contributed by atoms with Crippen LogP contribution in [0.1, 0.15) is 49.0 Å². The molecule has 5 rings (SSSR count). The number of hydrogen-bond donors (Lipinski definition) is 0. The van der Waals surface area contributed by atoms with Crippen LogP contribution in [0.3, 0.4) is 0 Å². The first-order valence-electron chi connectivity index (χ1n) is 10.2. The number of hydrogen-bond acceptors (Lipinski definition) is 4. The Morgan fingerprint density at radius 3 is 2.38 bits per heavy atom. The third-order valence-corrected chi connectivity index (χ3v) is 6.40. The van der Waals surface area contributed by atoms with Gasteiger partial charge in [0.25, 0.3) is 0 Å². The zero-order valence-corrected chi connectivity index (χ0v) is 16.9. The Hall–Kier alpha value is -1.87. The van der Waals surface area contributed by atoms with E-state index in [0.29, 0.717) is 37.4 Å². The number of alkyl halides is 3. The number of anilines is 1. The molecule has 2 heterocycles. The summed E-state index contributed by atoms with van der Waals surface area (Å²) >= 11 is 5.71. The van der Waals surface area contributed by atoms with E-state index in [1.807, 2.05) is 9.58 Å². The van der Waals surface area contributed by atoms with E-state index < -0.39 is 11.7 Å². The number of nitrogens with zero attached hydrogens (tertiary/aromatic N) is 5. The topological polar surface area (TPSA) is 29.2 Å². The van der Waals surface area contributed by atoms with E-state index in [1.54, 1.807) is 6.07 Å². The molecule has 0 amide bonds. The number of piperazine rings is 1. The molecule has 0 N–H and O–H groups in total. The largest absolute Gasteiger partial charge is 0.416 e. The van der Waals surface area contributed by atoms with Crippen molar-refractivity contribution in [2.24, 2.45) is 0 Å². The second-order valence-electron chi connectivity index (χ2n) is 8.31. The summed E-state index contributed by atoms with van der Waals surface area (Å²) in [6.07, 6.45) is 0.473. The molecule has 156 valence electrons. The molecule has 0 atom stereocenters. The summed E-state index contributed by atoms with van der Waals surface area (Å²) in [5.41, 5.74) is 0.0343. The van der Waals surface area contributed by atoms with E-state index in [-0.39, 0.29) is 0 Å². The highest BCUT2D eigenvalue weighted by atomic mass is 32.1. The average molecular weight is 424 g/mol. The third-order valence-electron chi connectivity index (χ3n) is 6.00. The molecule has 2 aromatic rings. The van der Waals surface area contributed by atoms with Gasteiger partial charge in [-0.05, 0) is 56.1 Å². The Labute approximate surface area is 172 Å². The van der Waals surface area contributed by atoms with Gasteiger partial charge in [-0.2, -0.15) is 18.3 Å². The van der Waals surface area contributed by atoms with Gasteiger partial charge in [-0.15, -0.1) is 0 Å². The summed E-state index contributed by atoms with van der Waals surface area (Å²) < 4.78 is 44.0. The molecule has 1 saturated heterocycles. The van der Waals surface area contributed by atoms with Crippen LogP contribution in [-0.2, 0) is 12.8 Å². The minimum Gasteiger partial charge on any atom is -0.369 e. The summed E-state index contributed by atoms with van der Waals surface area (Å²) in [7, 11) is 0. The van der Waals surface area contributed by atoms with E-state index >= 15 is 0 Å². The molecule has 1 aromatic heterocycles. The molecule has 0 unspecified atom stereocenters. The van der Waals surface area contributed by atoms with Crippen molar-refractivity contribution in [3.05, 3.63) is 40.4 Å². The van der Waals surface area contributed by atoms with Crippen molar-refractivity contribution in [2.45, 2.75) is 50.5 Å². The van der Waals surface area contributed by atoms with Crippen LogP contribution >= 0.6 is 12.2 Å². The van der Waals surface area contributed by atoms with Crippen LogP contribution in [0, 0.1) is 4.77 Å². The summed E-state index contributed by atoms with van der Waals surface area (Å²) in [5, 5.41) is 4.84. The maximum atomic E-state index is 13.0. The van der Waals surface area contributed by atoms with Crippen molar-refractivity contribution in [1.29, 1.82) is 0 Å². The van der Waals surface area contributed by atoms with Crippen molar-refractivity contribution < 1.29 is 13.2 Å². The molecule has 0 radical (unpaired) electrons. The molecule has 9 heteroatoms. The minimum absolute atomic E-state index is 0.532. The van der Waals surface area contributed by atoms with Gasteiger partial charge in [0, 0.05) is 43.8 Å². The second kappa shape index (κ2) is 7.12. The average Bonchev–Trinajstić information content (AvgIpc) is 3.61. The summed E-state index contributed by atoms with van der Waals surface area (Å²) in [6.45, 7) is 3.57. The van der Waals surface area contributed by atoms with E-state index in [1.165, 1.54) is 37.8 Å². The fraction of sp³-hybridized carbons (Fsp3) is 0.600. The Bertz CT molecular complexity index is 950. The van der Waals surface area contributed by atoms with Crippen molar-refractivity contribution >= 4 is 17.9 Å². The lowest BCUT2D eigenvalue weighted by Gasteiger charge is -2.36. The van der Waals surface area contributed by atoms with Crippen LogP contribution in [0.15, 0.2) is 24.3 Å². The Balaban J connectivity index is 1.25. The normalized spacial score (nSPS) is 21.0. The lowest BCUT2D eigenvalue weighted by molar-refractivity contribution is -0.137. The lowest BCUT2D eigenvalue weighted by atomic mass is 10.1. The fourth-order valence-corrected chi connectivity index (χ4v) is 4.38. The van der Waals surface area contributed by atoms with E-state index in [2.05, 4.69) is 9.47 Å². The van der Waals surface area contributed by atoms with Gasteiger partial charge in [0.15, 0.2) is 4.77 Å². The first-order chi connectivity index (χ1) is 13.9. The zero-order valence-electron chi connectivity index (χ0n) is 16.1. The van der Waals surface area contributed by atoms with Gasteiger partial charge in [0.2, 0.25) is 0 Å². The van der Waals surface area contributed by atoms with Crippen LogP contribution in [0.5, 0.6) is 0 Å². The number of aromatic nitrogens is 3. The molecule has 0 spiro atoms. The first-order valence-corrected chi connectivity index (χ1v) is 10.6. The quantitative estimate of drug-likeness (QED) is 0.666. The molecule has 3 aliphatic rings. The van der Waals surface area contributed by atoms with Gasteiger partial charge in [0.1, 0.15) is 5.82 Å². The molecule has 5 nitrogen and oxygen atoms in total. The minimum atomic E-state index is -4.31. The maximum Gasteiger partial charge on any atom is 0.416 e. The summed E-state index contributed by atoms with van der Waals surface area (Å²) in [6, 6.07) is 6.12. The molecule has 2 aliphatic carbocycles. The summed E-state index contributed by atoms with van der Waals surface area (Å²) in [5.74, 6) is 1.72. The monoisotopic (exact) mass is 423 g/mol. The SMILES string of the molecule is FC(F)(F)c1cccc(N2CCN(Cn3nc(C4CC4)n(C4CC4)c3=S)CC2)c1. The van der Waals surface area contributed by atoms with Crippen molar-refractivity contribution in [3.8, 4) is 0 Å². The second-order valence-corrected chi connectivity index (χ2v) is 8.68. The standard InChI is InChI=1S/C20H24F3N5S/c21-20(22,23)15-2-1-3-17(12-15)26-10-8-25(9-11-26)13-27-19(29)28(16-6-7-16)18(24-27)14-4-5-14/h1-3,12,14,16H,4-11,13H2. The molecular formula is C20H24F3N5S. The highest BCUT2D eigenvalue weighted by molar-refractivity contribution is 7.71. The summed E-state index contributed by atoms with van der Waals surface area (Å²) in [4.78, 5) is 4.30. The van der Waals surface area contributed by atoms with Gasteiger partial charge < -0.3 is 9.47 Å². The number of benzene rings is 1. The highest BCUT2D eigenvalue weighted by Gasteiger charge is 2.36. The van der Waals surface area contributed by atoms with Gasteiger partial charge in [0.05, 0.1) is 12.2 Å². The van der Waals surface area contributed by atoms with Crippen molar-refractivity contribution in [1.82, 2.24) is 19.2 Å². The molecule has 29 heavy (non-hydrogen) atoms. The zero-order chi connectivity index (χ0) is 20.2. The molecule has 3 fully saturated rings. The van der Waals surface area contributed by atoms with Gasteiger partial charge in [-0.3, -0.25) is 4.90 Å².